The van der Waals surface area contributed by atoms with Gasteiger partial charge in [0.1, 0.15) is 18.8 Å². The molecular weight excluding hydrogens is 492 g/mol. The number of hydrogen-bond donors (Lipinski definition) is 1. The normalized spacial score (nSPS) is 20.6. The van der Waals surface area contributed by atoms with Crippen molar-refractivity contribution in [3.63, 3.8) is 0 Å². The van der Waals surface area contributed by atoms with Gasteiger partial charge < -0.3 is 9.72 Å². The molecular formula is C21H26BrClN2O6. The van der Waals surface area contributed by atoms with Gasteiger partial charge in [-0.25, -0.2) is 23.2 Å². The molecule has 0 aliphatic carbocycles. The molecule has 0 fully saturated rings. The highest BCUT2D eigenvalue weighted by molar-refractivity contribution is 9.10. The van der Waals surface area contributed by atoms with E-state index in [4.69, 9.17) is 23.4 Å². The Balaban J connectivity index is 0.000000491. The summed E-state index contributed by atoms with van der Waals surface area (Å²) in [7, 11) is -3.47. The molecule has 0 amide bonds. The largest absolute Gasteiger partial charge is 0.469 e. The summed E-state index contributed by atoms with van der Waals surface area (Å²) in [5.41, 5.74) is 5.40. The topological polar surface area (TPSA) is 137 Å². The van der Waals surface area contributed by atoms with Crippen LogP contribution in [-0.4, -0.2) is 41.4 Å². The maximum atomic E-state index is 11.7. The number of halogens is 2. The number of methoxy groups -OCH3 is 1. The Bertz CT molecular complexity index is 978. The molecule has 2 unspecified atom stereocenters. The van der Waals surface area contributed by atoms with E-state index in [0.717, 1.165) is 24.0 Å². The lowest BCUT2D eigenvalue weighted by Gasteiger charge is -2.29. The van der Waals surface area contributed by atoms with Crippen LogP contribution in [0.2, 0.25) is 0 Å². The van der Waals surface area contributed by atoms with E-state index in [1.165, 1.54) is 54.2 Å². The third-order valence-electron chi connectivity index (χ3n) is 6.03. The summed E-state index contributed by atoms with van der Waals surface area (Å²) < 4.78 is 42.5. The summed E-state index contributed by atoms with van der Waals surface area (Å²) in [6.07, 6.45) is 5.01. The number of fused-ring (bicyclic) bond motifs is 4. The smallest absolute Gasteiger partial charge is 0.305 e. The molecule has 2 aliphatic heterocycles. The molecule has 8 nitrogen and oxygen atoms in total. The number of H-pyrrole nitrogens is 1. The number of hydrogen-bond acceptors (Lipinski definition) is 6. The molecule has 0 radical (unpaired) electrons. The lowest BCUT2D eigenvalue weighted by Crippen LogP contribution is -2.68. The van der Waals surface area contributed by atoms with Crippen molar-refractivity contribution in [2.45, 2.75) is 44.9 Å². The Morgan fingerprint density at radius 3 is 2.65 bits per heavy atom. The molecule has 10 heteroatoms. The van der Waals surface area contributed by atoms with E-state index in [0.29, 0.717) is 18.3 Å². The van der Waals surface area contributed by atoms with Crippen LogP contribution in [0.5, 0.6) is 0 Å². The van der Waals surface area contributed by atoms with E-state index in [1.807, 2.05) is 0 Å². The summed E-state index contributed by atoms with van der Waals surface area (Å²) in [6.45, 7) is 4.43. The minimum absolute atomic E-state index is 0.118. The van der Waals surface area contributed by atoms with Gasteiger partial charge in [-0.2, -0.15) is 0 Å². The molecule has 2 aliphatic rings. The van der Waals surface area contributed by atoms with Crippen molar-refractivity contribution >= 4 is 38.5 Å². The van der Waals surface area contributed by atoms with Gasteiger partial charge in [-0.3, -0.25) is 4.79 Å². The molecule has 0 spiro atoms. The first-order valence-corrected chi connectivity index (χ1v) is 12.3. The maximum absolute atomic E-state index is 11.7. The second-order valence-corrected chi connectivity index (χ2v) is 9.54. The maximum Gasteiger partial charge on any atom is 0.305 e. The average molecular weight is 518 g/mol. The van der Waals surface area contributed by atoms with Gasteiger partial charge in [0, 0.05) is 45.6 Å². The van der Waals surface area contributed by atoms with E-state index in [9.17, 15) is 4.79 Å². The first kappa shape index (κ1) is 24.2. The molecule has 0 saturated heterocycles. The van der Waals surface area contributed by atoms with E-state index in [-0.39, 0.29) is 5.97 Å². The van der Waals surface area contributed by atoms with Crippen LogP contribution in [0.15, 0.2) is 22.7 Å². The standard InChI is InChI=1S/C21H25BrN2O2.ClHO4/c1-3-13-5-4-10-24-12-14(6-9-18(25)26-2)19-16-11-15(22)7-8-17(16)23-20(19)21(13)24;2-1(3,4)5/h7-8,11,13-14H,3-6,9-10,12H2,1-2H3;(H,2,3,4,5). The van der Waals surface area contributed by atoms with Gasteiger partial charge in [0.2, 0.25) is 5.71 Å². The third-order valence-corrected chi connectivity index (χ3v) is 6.52. The molecule has 170 valence electrons. The Kier molecular flexibility index (Phi) is 7.77. The Morgan fingerprint density at radius 1 is 1.29 bits per heavy atom. The Hall–Kier alpha value is -1.49. The van der Waals surface area contributed by atoms with Crippen molar-refractivity contribution in [3.8, 4) is 0 Å². The van der Waals surface area contributed by atoms with Crippen molar-refractivity contribution in [2.75, 3.05) is 20.2 Å². The number of nitrogens with zero attached hydrogens (tertiary/aromatic N) is 1. The molecule has 31 heavy (non-hydrogen) atoms. The van der Waals surface area contributed by atoms with E-state index >= 15 is 0 Å². The summed E-state index contributed by atoms with van der Waals surface area (Å²) in [6, 6.07) is 6.47. The van der Waals surface area contributed by atoms with E-state index in [1.54, 1.807) is 0 Å². The summed E-state index contributed by atoms with van der Waals surface area (Å²) in [5, 5.41) is 1.29. The Morgan fingerprint density at radius 2 is 2.00 bits per heavy atom. The van der Waals surface area contributed by atoms with Crippen LogP contribution in [0.1, 0.15) is 56.2 Å². The number of rotatable bonds is 4. The van der Waals surface area contributed by atoms with Gasteiger partial charge in [-0.15, -0.1) is 10.2 Å². The first-order chi connectivity index (χ1) is 14.6. The average Bonchev–Trinajstić information content (AvgIpc) is 3.08. The van der Waals surface area contributed by atoms with Crippen LogP contribution in [0.25, 0.3) is 10.9 Å². The van der Waals surface area contributed by atoms with Gasteiger partial charge in [0.05, 0.1) is 7.11 Å². The zero-order valence-corrected chi connectivity index (χ0v) is 19.8. The molecule has 3 heterocycles. The summed E-state index contributed by atoms with van der Waals surface area (Å²) in [4.78, 5) is 15.5. The number of esters is 1. The van der Waals surface area contributed by atoms with Crippen LogP contribution in [-0.2, 0) is 9.53 Å². The van der Waals surface area contributed by atoms with Crippen LogP contribution in [0.4, 0.5) is 0 Å². The monoisotopic (exact) mass is 516 g/mol. The fourth-order valence-corrected chi connectivity index (χ4v) is 5.15. The van der Waals surface area contributed by atoms with Crippen LogP contribution >= 0.6 is 15.9 Å². The highest BCUT2D eigenvalue weighted by Gasteiger charge is 2.40. The highest BCUT2D eigenvalue weighted by atomic mass is 79.9. The molecule has 4 rings (SSSR count). The SMILES string of the molecule is CCC1CCC[N+]2=C1c1[nH]c3ccc(Br)cc3c1C(CCC(=O)OC)C2.[O-][Cl+3]([O-])([O-])[O-]. The van der Waals surface area contributed by atoms with Crippen LogP contribution in [0.3, 0.4) is 0 Å². The van der Waals surface area contributed by atoms with Crippen LogP contribution < -0.4 is 18.6 Å². The molecule has 2 aromatic rings. The minimum Gasteiger partial charge on any atom is -0.469 e. The van der Waals surface area contributed by atoms with Crippen molar-refractivity contribution < 1.29 is 43.0 Å². The molecule has 0 bridgehead atoms. The number of carbonyl (C=O) groups excluding carboxylic acids is 1. The minimum atomic E-state index is -4.94. The quantitative estimate of drug-likeness (QED) is 0.442. The van der Waals surface area contributed by atoms with Crippen LogP contribution in [0, 0.1) is 16.2 Å². The van der Waals surface area contributed by atoms with Gasteiger partial charge in [-0.1, -0.05) is 22.9 Å². The van der Waals surface area contributed by atoms with E-state index in [2.05, 4.69) is 50.6 Å². The second kappa shape index (κ2) is 9.97. The molecule has 2 atom stereocenters. The van der Waals surface area contributed by atoms with E-state index < -0.39 is 10.2 Å². The predicted octanol–water partition coefficient (Wildman–Crippen LogP) is -0.154. The predicted molar refractivity (Wildman–Crippen MR) is 107 cm³/mol. The highest BCUT2D eigenvalue weighted by Crippen LogP contribution is 2.40. The number of benzene rings is 1. The van der Waals surface area contributed by atoms with Gasteiger partial charge in [0.25, 0.3) is 0 Å². The number of aromatic amines is 1. The van der Waals surface area contributed by atoms with Gasteiger partial charge in [-0.05, 0) is 37.5 Å². The molecule has 1 aromatic carbocycles. The first-order valence-electron chi connectivity index (χ1n) is 10.2. The second-order valence-electron chi connectivity index (χ2n) is 7.87. The number of aromatic nitrogens is 1. The van der Waals surface area contributed by atoms with Gasteiger partial charge in [0.15, 0.2) is 0 Å². The fourth-order valence-electron chi connectivity index (χ4n) is 4.79. The van der Waals surface area contributed by atoms with Gasteiger partial charge >= 0.3 is 5.97 Å². The zero-order valence-electron chi connectivity index (χ0n) is 17.5. The molecule has 0 saturated carbocycles. The number of nitrogens with one attached hydrogen (secondary N) is 1. The summed E-state index contributed by atoms with van der Waals surface area (Å²) in [5.74, 6) is 0.861. The summed E-state index contributed by atoms with van der Waals surface area (Å²) >= 11 is 3.63. The molecule has 1 aromatic heterocycles. The van der Waals surface area contributed by atoms with Crippen molar-refractivity contribution in [3.05, 3.63) is 33.9 Å². The zero-order chi connectivity index (χ0) is 22.8. The molecule has 1 N–H and O–H groups in total. The third kappa shape index (κ3) is 5.85. The van der Waals surface area contributed by atoms with Crippen molar-refractivity contribution in [1.29, 1.82) is 0 Å². The van der Waals surface area contributed by atoms with Crippen molar-refractivity contribution in [2.24, 2.45) is 5.92 Å². The number of carbonyl (C=O) groups is 1. The number of ether oxygens (including phenoxy) is 1. The lowest BCUT2D eigenvalue weighted by atomic mass is 9.81. The fraction of sp³-hybridized carbons (Fsp3) is 0.524. The van der Waals surface area contributed by atoms with Crippen molar-refractivity contribution in [1.82, 2.24) is 4.98 Å². The Labute approximate surface area is 191 Å². The lowest BCUT2D eigenvalue weighted by molar-refractivity contribution is -2.00.